The first-order valence-electron chi connectivity index (χ1n) is 27.7. The van der Waals surface area contributed by atoms with Crippen LogP contribution in [0.25, 0.3) is 11.2 Å². The molecule has 76 heavy (non-hydrogen) atoms. The van der Waals surface area contributed by atoms with Crippen LogP contribution >= 0.6 is 8.53 Å². The van der Waals surface area contributed by atoms with Gasteiger partial charge in [0.15, 0.2) is 11.2 Å². The number of methoxy groups -OCH3 is 2. The van der Waals surface area contributed by atoms with E-state index in [0.717, 1.165) is 47.8 Å². The van der Waals surface area contributed by atoms with E-state index in [1.165, 1.54) is 38.5 Å². The van der Waals surface area contributed by atoms with Crippen molar-refractivity contribution in [2.24, 2.45) is 23.7 Å². The third-order valence-electron chi connectivity index (χ3n) is 14.5. The molecule has 1 saturated heterocycles. The number of hydrogen-bond donors (Lipinski definition) is 2. The van der Waals surface area contributed by atoms with Gasteiger partial charge in [-0.1, -0.05) is 147 Å². The Morgan fingerprint density at radius 3 is 1.91 bits per heavy atom. The van der Waals surface area contributed by atoms with E-state index in [9.17, 15) is 14.9 Å². The fraction of sp³-hybridized carbons (Fsp3) is 0.583. The average molecular weight is 1060 g/mol. The molecular formula is C60H86N7O8P. The number of H-pyrrole nitrogens is 1. The minimum absolute atomic E-state index is 0.0375. The van der Waals surface area contributed by atoms with Gasteiger partial charge in [-0.05, 0) is 92.3 Å². The topological polar surface area (TPSA) is 175 Å². The summed E-state index contributed by atoms with van der Waals surface area (Å²) in [5.41, 5.74) is 1.30. The number of nitrogens with zero attached hydrogens (tertiary/aromatic N) is 5. The van der Waals surface area contributed by atoms with Gasteiger partial charge in [-0.2, -0.15) is 10.2 Å². The molecule has 3 heterocycles. The Hall–Kier alpha value is -5.20. The molecule has 5 aromatic rings. The highest BCUT2D eigenvalue weighted by Crippen LogP contribution is 2.51. The fourth-order valence-corrected chi connectivity index (χ4v) is 12.2. The van der Waals surface area contributed by atoms with E-state index >= 15 is 0 Å². The number of nitriles is 1. The molecule has 16 heteroatoms. The number of carbonyl (C=O) groups excluding carboxylic acids is 1. The minimum atomic E-state index is -1.71. The standard InChI is InChI=1S/C60H86N7O8P/c1-41(2)19-15-20-44(7)21-16-22-45(8)23-17-24-46(9)37-54(68)63-59-64-57-56(58(69)65-59)62-40-66(57)55-38-52(75-76(73-36-18-35-61)67(42(3)4)43(5)6)53(74-55)39-72-60(47-25-13-12-14-26-47,48-27-31-50(70-10)32-28-48)49-29-33-51(71-11)34-30-49/h12-14,25-34,40-46,52-53,55H,15-24,36-39H2,1-11H3,(H2,63,64,65,68,69)/t44?,45?,46?,52-,53+,55+,76?/m0/s1. The average Bonchev–Trinajstić information content (AvgIpc) is 4.02. The van der Waals surface area contributed by atoms with Crippen molar-refractivity contribution in [3.63, 3.8) is 0 Å². The number of aromatic nitrogens is 4. The zero-order chi connectivity index (χ0) is 54.8. The van der Waals surface area contributed by atoms with E-state index in [1.807, 2.05) is 78.9 Å². The number of carbonyl (C=O) groups is 1. The van der Waals surface area contributed by atoms with E-state index in [-0.39, 0.29) is 60.7 Å². The molecule has 1 amide bonds. The molecule has 7 atom stereocenters. The predicted molar refractivity (Wildman–Crippen MR) is 302 cm³/mol. The van der Waals surface area contributed by atoms with Crippen molar-refractivity contribution in [2.45, 2.75) is 175 Å². The van der Waals surface area contributed by atoms with Gasteiger partial charge in [-0.3, -0.25) is 24.5 Å². The quantitative estimate of drug-likeness (QED) is 0.0237. The molecule has 0 bridgehead atoms. The Bertz CT molecular complexity index is 2560. The summed E-state index contributed by atoms with van der Waals surface area (Å²) in [4.78, 5) is 39.2. The van der Waals surface area contributed by atoms with E-state index in [0.29, 0.717) is 30.3 Å². The van der Waals surface area contributed by atoms with Crippen LogP contribution in [0, 0.1) is 35.0 Å². The SMILES string of the molecule is COc1ccc(C(OC[C@H]2O[C@@H](n3cnc4c(=O)[nH]c(NC(=O)CC(C)CCCC(C)CCCC(C)CCCC(C)C)nc43)C[C@@H]2OP(OCCC#N)N(C(C)C)C(C)C)(c2ccccc2)c2ccc(OC)cc2)cc1. The maximum atomic E-state index is 13.7. The number of ether oxygens (including phenoxy) is 4. The maximum absolute atomic E-state index is 13.7. The second kappa shape index (κ2) is 29.5. The van der Waals surface area contributed by atoms with Crippen molar-refractivity contribution in [1.82, 2.24) is 24.2 Å². The van der Waals surface area contributed by atoms with Gasteiger partial charge in [0, 0.05) is 24.9 Å². The molecule has 4 unspecified atom stereocenters. The largest absolute Gasteiger partial charge is 0.497 e. The highest BCUT2D eigenvalue weighted by atomic mass is 31.2. The second-order valence-corrected chi connectivity index (χ2v) is 23.3. The first kappa shape index (κ1) is 60.0. The van der Waals surface area contributed by atoms with E-state index in [4.69, 9.17) is 33.0 Å². The maximum Gasteiger partial charge on any atom is 0.280 e. The molecular weight excluding hydrogens is 978 g/mol. The molecule has 2 N–H and O–H groups in total. The van der Waals surface area contributed by atoms with Gasteiger partial charge < -0.3 is 28.0 Å². The van der Waals surface area contributed by atoms with Gasteiger partial charge in [0.05, 0.1) is 52.4 Å². The number of aromatic amines is 1. The van der Waals surface area contributed by atoms with Crippen LogP contribution in [-0.4, -0.2) is 81.8 Å². The van der Waals surface area contributed by atoms with Gasteiger partial charge >= 0.3 is 0 Å². The number of benzene rings is 3. The first-order chi connectivity index (χ1) is 36.6. The normalized spacial score (nSPS) is 17.6. The lowest BCUT2D eigenvalue weighted by Gasteiger charge is -2.39. The van der Waals surface area contributed by atoms with Crippen molar-refractivity contribution in [2.75, 3.05) is 32.8 Å². The van der Waals surface area contributed by atoms with Crippen LogP contribution in [0.2, 0.25) is 0 Å². The van der Waals surface area contributed by atoms with Crippen LogP contribution in [0.1, 0.15) is 162 Å². The van der Waals surface area contributed by atoms with Gasteiger partial charge in [-0.15, -0.1) is 0 Å². The summed E-state index contributed by atoms with van der Waals surface area (Å²) in [6.07, 6.45) is 11.2. The van der Waals surface area contributed by atoms with Crippen LogP contribution in [0.4, 0.5) is 5.95 Å². The van der Waals surface area contributed by atoms with Crippen LogP contribution in [0.15, 0.2) is 90.0 Å². The molecule has 0 saturated carbocycles. The van der Waals surface area contributed by atoms with Crippen LogP contribution < -0.4 is 20.3 Å². The number of anilines is 1. The number of fused-ring (bicyclic) bond motifs is 1. The fourth-order valence-electron chi connectivity index (χ4n) is 10.4. The van der Waals surface area contributed by atoms with Gasteiger partial charge in [0.2, 0.25) is 11.9 Å². The summed E-state index contributed by atoms with van der Waals surface area (Å²) in [7, 11) is 1.57. The molecule has 0 radical (unpaired) electrons. The molecule has 3 aromatic carbocycles. The number of nitrogens with one attached hydrogen (secondary N) is 2. The van der Waals surface area contributed by atoms with Crippen molar-refractivity contribution in [3.05, 3.63) is 112 Å². The van der Waals surface area contributed by atoms with Crippen molar-refractivity contribution in [3.8, 4) is 17.6 Å². The molecule has 1 fully saturated rings. The summed E-state index contributed by atoms with van der Waals surface area (Å²) in [6.45, 7) is 20.1. The van der Waals surface area contributed by atoms with E-state index in [1.54, 1.807) is 25.1 Å². The predicted octanol–water partition coefficient (Wildman–Crippen LogP) is 13.5. The molecule has 6 rings (SSSR count). The van der Waals surface area contributed by atoms with Crippen molar-refractivity contribution < 1.29 is 32.8 Å². The zero-order valence-electron chi connectivity index (χ0n) is 47.1. The highest BCUT2D eigenvalue weighted by molar-refractivity contribution is 7.44. The Balaban J connectivity index is 1.24. The summed E-state index contributed by atoms with van der Waals surface area (Å²) >= 11 is 0. The van der Waals surface area contributed by atoms with Crippen molar-refractivity contribution in [1.29, 1.82) is 5.26 Å². The Morgan fingerprint density at radius 2 is 1.37 bits per heavy atom. The number of imidazole rings is 1. The molecule has 2 aromatic heterocycles. The summed E-state index contributed by atoms with van der Waals surface area (Å²) < 4.78 is 43.1. The van der Waals surface area contributed by atoms with Crippen LogP contribution in [0.3, 0.4) is 0 Å². The van der Waals surface area contributed by atoms with Gasteiger partial charge in [0.1, 0.15) is 29.4 Å². The molecule has 1 aliphatic rings. The van der Waals surface area contributed by atoms with E-state index < -0.39 is 38.1 Å². The molecule has 0 spiro atoms. The lowest BCUT2D eigenvalue weighted by Crippen LogP contribution is -2.39. The Kier molecular flexibility index (Phi) is 23.3. The molecule has 15 nitrogen and oxygen atoms in total. The number of hydrogen-bond acceptors (Lipinski definition) is 12. The third kappa shape index (κ3) is 16.4. The first-order valence-corrected chi connectivity index (χ1v) is 28.8. The van der Waals surface area contributed by atoms with Gasteiger partial charge in [-0.25, -0.2) is 9.65 Å². The highest BCUT2D eigenvalue weighted by Gasteiger charge is 2.45. The second-order valence-electron chi connectivity index (χ2n) is 21.9. The number of rotatable bonds is 32. The molecule has 414 valence electrons. The summed E-state index contributed by atoms with van der Waals surface area (Å²) in [6, 6.07) is 28.0. The Labute approximate surface area is 453 Å². The van der Waals surface area contributed by atoms with Gasteiger partial charge in [0.25, 0.3) is 14.1 Å². The third-order valence-corrected chi connectivity index (χ3v) is 16.7. The smallest absolute Gasteiger partial charge is 0.280 e. The van der Waals surface area contributed by atoms with Crippen LogP contribution in [0.5, 0.6) is 11.5 Å². The minimum Gasteiger partial charge on any atom is -0.497 e. The van der Waals surface area contributed by atoms with Crippen LogP contribution in [-0.2, 0) is 28.9 Å². The monoisotopic (exact) mass is 1060 g/mol. The summed E-state index contributed by atoms with van der Waals surface area (Å²) in [5, 5.41) is 12.4. The van der Waals surface area contributed by atoms with Crippen molar-refractivity contribution >= 4 is 31.5 Å². The molecule has 1 aliphatic heterocycles. The lowest BCUT2D eigenvalue weighted by atomic mass is 9.80. The van der Waals surface area contributed by atoms with E-state index in [2.05, 4.69) is 88.3 Å². The zero-order valence-corrected chi connectivity index (χ0v) is 48.0. The Morgan fingerprint density at radius 1 is 0.816 bits per heavy atom. The summed E-state index contributed by atoms with van der Waals surface area (Å²) in [5.74, 6) is 3.60. The lowest BCUT2D eigenvalue weighted by molar-refractivity contribution is -0.117. The molecule has 0 aliphatic carbocycles. The number of amides is 1.